The number of aliphatic hydroxyl groups is 1. The van der Waals surface area contributed by atoms with E-state index in [1.54, 1.807) is 0 Å². The quantitative estimate of drug-likeness (QED) is 0.732. The highest BCUT2D eigenvalue weighted by atomic mass is 16.4. The van der Waals surface area contributed by atoms with Crippen LogP contribution in [-0.2, 0) is 6.54 Å². The van der Waals surface area contributed by atoms with Gasteiger partial charge in [-0.25, -0.2) is 4.79 Å². The number of nitrogens with zero attached hydrogens (tertiary/aromatic N) is 4. The molecular formula is C10H16N4O3. The third-order valence-electron chi connectivity index (χ3n) is 2.88. The molecule has 0 aromatic carbocycles. The lowest BCUT2D eigenvalue weighted by Crippen LogP contribution is -2.39. The summed E-state index contributed by atoms with van der Waals surface area (Å²) in [5.41, 5.74) is -0.0383. The van der Waals surface area contributed by atoms with Crippen LogP contribution in [0.3, 0.4) is 0 Å². The molecular weight excluding hydrogens is 224 g/mol. The van der Waals surface area contributed by atoms with Crippen LogP contribution < -0.4 is 0 Å². The number of carboxylic acids is 1. The Bertz CT molecular complexity index is 393. The van der Waals surface area contributed by atoms with Crippen molar-refractivity contribution in [3.05, 3.63) is 11.9 Å². The van der Waals surface area contributed by atoms with Gasteiger partial charge in [-0.05, 0) is 19.4 Å². The fourth-order valence-corrected chi connectivity index (χ4v) is 1.98. The summed E-state index contributed by atoms with van der Waals surface area (Å²) in [4.78, 5) is 12.8. The molecule has 17 heavy (non-hydrogen) atoms. The lowest BCUT2D eigenvalue weighted by Gasteiger charge is -2.29. The Balaban J connectivity index is 1.82. The summed E-state index contributed by atoms with van der Waals surface area (Å²) in [5.74, 6) is -1.07. The van der Waals surface area contributed by atoms with Gasteiger partial charge in [0.05, 0.1) is 18.8 Å². The zero-order valence-corrected chi connectivity index (χ0v) is 9.49. The van der Waals surface area contributed by atoms with E-state index in [9.17, 15) is 9.90 Å². The maximum atomic E-state index is 10.6. The number of aromatic carboxylic acids is 1. The van der Waals surface area contributed by atoms with Crippen molar-refractivity contribution in [2.45, 2.75) is 25.5 Å². The molecule has 0 bridgehead atoms. The molecule has 0 radical (unpaired) electrons. The lowest BCUT2D eigenvalue weighted by atomic mass is 10.1. The molecule has 94 valence electrons. The third kappa shape index (κ3) is 3.24. The van der Waals surface area contributed by atoms with Crippen molar-refractivity contribution in [3.8, 4) is 0 Å². The monoisotopic (exact) mass is 240 g/mol. The largest absolute Gasteiger partial charge is 0.476 e. The van der Waals surface area contributed by atoms with Gasteiger partial charge in [0.15, 0.2) is 5.69 Å². The van der Waals surface area contributed by atoms with Crippen molar-refractivity contribution in [2.75, 3.05) is 19.6 Å². The minimum atomic E-state index is -1.07. The number of aliphatic hydroxyl groups excluding tert-OH is 1. The molecule has 0 spiro atoms. The highest BCUT2D eigenvalue weighted by Gasteiger charge is 2.17. The van der Waals surface area contributed by atoms with Gasteiger partial charge in [-0.2, -0.15) is 0 Å². The summed E-state index contributed by atoms with van der Waals surface area (Å²) in [6.07, 6.45) is 3.04. The Kier molecular flexibility index (Phi) is 3.70. The number of aromatic nitrogens is 3. The van der Waals surface area contributed by atoms with E-state index in [1.807, 2.05) is 0 Å². The molecule has 1 fully saturated rings. The van der Waals surface area contributed by atoms with Crippen LogP contribution in [-0.4, -0.2) is 61.8 Å². The second kappa shape index (κ2) is 5.24. The molecule has 1 saturated heterocycles. The molecule has 0 aliphatic carbocycles. The van der Waals surface area contributed by atoms with Gasteiger partial charge in [-0.1, -0.05) is 5.21 Å². The summed E-state index contributed by atoms with van der Waals surface area (Å²) in [5, 5.41) is 25.5. The first-order valence-corrected chi connectivity index (χ1v) is 5.69. The Labute approximate surface area is 98.7 Å². The SMILES string of the molecule is O=C(O)c1cn(CCN2CCCC(O)C2)nn1. The molecule has 1 aliphatic rings. The van der Waals surface area contributed by atoms with E-state index >= 15 is 0 Å². The molecule has 1 aromatic rings. The van der Waals surface area contributed by atoms with Crippen LogP contribution in [0.25, 0.3) is 0 Å². The number of hydrogen-bond acceptors (Lipinski definition) is 5. The van der Waals surface area contributed by atoms with Crippen molar-refractivity contribution in [2.24, 2.45) is 0 Å². The van der Waals surface area contributed by atoms with E-state index in [4.69, 9.17) is 5.11 Å². The van der Waals surface area contributed by atoms with E-state index in [1.165, 1.54) is 10.9 Å². The Morgan fingerprint density at radius 2 is 2.35 bits per heavy atom. The van der Waals surface area contributed by atoms with Crippen molar-refractivity contribution >= 4 is 5.97 Å². The molecule has 2 heterocycles. The van der Waals surface area contributed by atoms with Gasteiger partial charge in [0.1, 0.15) is 0 Å². The predicted octanol–water partition coefficient (Wildman–Crippen LogP) is -0.567. The lowest BCUT2D eigenvalue weighted by molar-refractivity contribution is 0.0683. The number of likely N-dealkylation sites (tertiary alicyclic amines) is 1. The first-order valence-electron chi connectivity index (χ1n) is 5.69. The van der Waals surface area contributed by atoms with Gasteiger partial charge in [-0.15, -0.1) is 5.10 Å². The van der Waals surface area contributed by atoms with Crippen LogP contribution in [0.5, 0.6) is 0 Å². The minimum absolute atomic E-state index is 0.0383. The molecule has 1 aromatic heterocycles. The molecule has 1 atom stereocenters. The van der Waals surface area contributed by atoms with Crippen LogP contribution in [0.4, 0.5) is 0 Å². The van der Waals surface area contributed by atoms with E-state index in [2.05, 4.69) is 15.2 Å². The first kappa shape index (κ1) is 12.0. The van der Waals surface area contributed by atoms with Gasteiger partial charge in [0.25, 0.3) is 0 Å². The number of hydrogen-bond donors (Lipinski definition) is 2. The van der Waals surface area contributed by atoms with E-state index in [-0.39, 0.29) is 11.8 Å². The maximum Gasteiger partial charge on any atom is 0.358 e. The van der Waals surface area contributed by atoms with Gasteiger partial charge >= 0.3 is 5.97 Å². The predicted molar refractivity (Wildman–Crippen MR) is 58.7 cm³/mol. The van der Waals surface area contributed by atoms with E-state index < -0.39 is 5.97 Å². The van der Waals surface area contributed by atoms with Crippen LogP contribution in [0.1, 0.15) is 23.3 Å². The maximum absolute atomic E-state index is 10.6. The molecule has 0 amide bonds. The molecule has 0 saturated carbocycles. The molecule has 2 N–H and O–H groups in total. The third-order valence-corrected chi connectivity index (χ3v) is 2.88. The van der Waals surface area contributed by atoms with Crippen LogP contribution in [0.2, 0.25) is 0 Å². The van der Waals surface area contributed by atoms with Crippen LogP contribution >= 0.6 is 0 Å². The zero-order valence-electron chi connectivity index (χ0n) is 9.49. The van der Waals surface area contributed by atoms with Crippen molar-refractivity contribution < 1.29 is 15.0 Å². The highest BCUT2D eigenvalue weighted by molar-refractivity contribution is 5.84. The molecule has 7 heteroatoms. The van der Waals surface area contributed by atoms with Crippen molar-refractivity contribution in [1.82, 2.24) is 19.9 Å². The summed E-state index contributed by atoms with van der Waals surface area (Å²) in [6.45, 7) is 2.99. The topological polar surface area (TPSA) is 91.5 Å². The van der Waals surface area contributed by atoms with Crippen molar-refractivity contribution in [3.63, 3.8) is 0 Å². The highest BCUT2D eigenvalue weighted by Crippen LogP contribution is 2.09. The summed E-state index contributed by atoms with van der Waals surface area (Å²) < 4.78 is 1.52. The second-order valence-corrected chi connectivity index (χ2v) is 4.27. The van der Waals surface area contributed by atoms with Crippen LogP contribution in [0, 0.1) is 0 Å². The van der Waals surface area contributed by atoms with Gasteiger partial charge in [0, 0.05) is 13.1 Å². The Morgan fingerprint density at radius 3 is 3.00 bits per heavy atom. The molecule has 1 aliphatic heterocycles. The smallest absolute Gasteiger partial charge is 0.358 e. The zero-order chi connectivity index (χ0) is 12.3. The standard InChI is InChI=1S/C10H16N4O3/c15-8-2-1-3-13(6-8)4-5-14-7-9(10(16)17)11-12-14/h7-8,15H,1-6H2,(H,16,17). The van der Waals surface area contributed by atoms with Gasteiger partial charge in [0.2, 0.25) is 0 Å². The summed E-state index contributed by atoms with van der Waals surface area (Å²) in [6, 6.07) is 0. The average Bonchev–Trinajstić information content (AvgIpc) is 2.75. The first-order chi connectivity index (χ1) is 8.15. The number of β-amino-alcohol motifs (C(OH)–C–C–N with tert-alkyl or cyclic N) is 1. The normalized spacial score (nSPS) is 21.6. The fraction of sp³-hybridized carbons (Fsp3) is 0.700. The van der Waals surface area contributed by atoms with Gasteiger partial charge in [-0.3, -0.25) is 9.58 Å². The van der Waals surface area contributed by atoms with Crippen LogP contribution in [0.15, 0.2) is 6.20 Å². The fourth-order valence-electron chi connectivity index (χ4n) is 1.98. The number of carbonyl (C=O) groups is 1. The van der Waals surface area contributed by atoms with Crippen molar-refractivity contribution in [1.29, 1.82) is 0 Å². The number of piperidine rings is 1. The molecule has 2 rings (SSSR count). The second-order valence-electron chi connectivity index (χ2n) is 4.27. The summed E-state index contributed by atoms with van der Waals surface area (Å²) >= 11 is 0. The Hall–Kier alpha value is -1.47. The minimum Gasteiger partial charge on any atom is -0.476 e. The average molecular weight is 240 g/mol. The van der Waals surface area contributed by atoms with Gasteiger partial charge < -0.3 is 10.2 Å². The molecule has 7 nitrogen and oxygen atoms in total. The number of carboxylic acid groups (broad SMARTS) is 1. The number of rotatable bonds is 4. The Morgan fingerprint density at radius 1 is 1.53 bits per heavy atom. The summed E-state index contributed by atoms with van der Waals surface area (Å²) in [7, 11) is 0. The van der Waals surface area contributed by atoms with E-state index in [0.29, 0.717) is 13.1 Å². The molecule has 1 unspecified atom stereocenters. The van der Waals surface area contributed by atoms with E-state index in [0.717, 1.165) is 25.9 Å².